The van der Waals surface area contributed by atoms with Crippen LogP contribution in [0.3, 0.4) is 0 Å². The molecule has 7 heteroatoms. The number of nitrogens with zero attached hydrogens (tertiary/aromatic N) is 4. The molecule has 4 aromatic rings. The molecule has 0 atom stereocenters. The van der Waals surface area contributed by atoms with Crippen molar-refractivity contribution in [3.05, 3.63) is 89.3 Å². The number of anilines is 1. The lowest BCUT2D eigenvalue weighted by atomic mass is 10.1. The van der Waals surface area contributed by atoms with Gasteiger partial charge in [-0.1, -0.05) is 41.4 Å². The molecule has 0 bridgehead atoms. The molecule has 0 saturated heterocycles. The molecule has 0 aliphatic carbocycles. The van der Waals surface area contributed by atoms with Gasteiger partial charge in [0, 0.05) is 41.6 Å². The molecular formula is C21H17Cl2N5. The van der Waals surface area contributed by atoms with Crippen LogP contribution in [0.1, 0.15) is 5.82 Å². The van der Waals surface area contributed by atoms with Crippen LogP contribution in [0.4, 0.5) is 5.69 Å². The van der Waals surface area contributed by atoms with Crippen LogP contribution in [0, 0.1) is 0 Å². The number of aromatic nitrogens is 4. The van der Waals surface area contributed by atoms with E-state index in [2.05, 4.69) is 15.3 Å². The van der Waals surface area contributed by atoms with Crippen LogP contribution in [0.25, 0.3) is 16.9 Å². The third kappa shape index (κ3) is 4.16. The Hall–Kier alpha value is -2.89. The number of benzene rings is 2. The number of hydrogen-bond donors (Lipinski definition) is 1. The quantitative estimate of drug-likeness (QED) is 0.469. The number of hydrogen-bond acceptors (Lipinski definition) is 4. The van der Waals surface area contributed by atoms with Crippen LogP contribution in [-0.4, -0.2) is 26.1 Å². The summed E-state index contributed by atoms with van der Waals surface area (Å²) in [5, 5.41) is 4.50. The minimum absolute atomic E-state index is 0.543. The maximum absolute atomic E-state index is 6.45. The summed E-state index contributed by atoms with van der Waals surface area (Å²) in [4.78, 5) is 13.4. The second kappa shape index (κ2) is 8.42. The lowest BCUT2D eigenvalue weighted by Crippen LogP contribution is -2.09. The highest BCUT2D eigenvalue weighted by Gasteiger charge is 2.14. The molecule has 2 aromatic carbocycles. The Bertz CT molecular complexity index is 1070. The summed E-state index contributed by atoms with van der Waals surface area (Å²) in [6, 6.07) is 15.4. The Morgan fingerprint density at radius 2 is 1.89 bits per heavy atom. The molecule has 28 heavy (non-hydrogen) atoms. The number of imidazole rings is 1. The summed E-state index contributed by atoms with van der Waals surface area (Å²) in [5.41, 5.74) is 3.42. The van der Waals surface area contributed by atoms with Crippen LogP contribution in [0.5, 0.6) is 0 Å². The van der Waals surface area contributed by atoms with Gasteiger partial charge in [0.1, 0.15) is 5.82 Å². The highest BCUT2D eigenvalue weighted by Crippen LogP contribution is 2.32. The van der Waals surface area contributed by atoms with Crippen molar-refractivity contribution in [2.75, 3.05) is 11.9 Å². The van der Waals surface area contributed by atoms with E-state index in [4.69, 9.17) is 28.2 Å². The normalized spacial score (nSPS) is 10.8. The predicted octanol–water partition coefficient (Wildman–Crippen LogP) is 5.29. The molecule has 0 saturated carbocycles. The Labute approximate surface area is 173 Å². The van der Waals surface area contributed by atoms with E-state index in [0.717, 1.165) is 35.0 Å². The number of rotatable bonds is 6. The van der Waals surface area contributed by atoms with Gasteiger partial charge in [0.25, 0.3) is 0 Å². The third-order valence-electron chi connectivity index (χ3n) is 4.24. The van der Waals surface area contributed by atoms with E-state index in [9.17, 15) is 0 Å². The summed E-state index contributed by atoms with van der Waals surface area (Å²) < 4.78 is 1.87. The van der Waals surface area contributed by atoms with Gasteiger partial charge in [0.05, 0.1) is 28.9 Å². The van der Waals surface area contributed by atoms with Crippen molar-refractivity contribution >= 4 is 28.9 Å². The average molecular weight is 410 g/mol. The second-order valence-electron chi connectivity index (χ2n) is 6.16. The predicted molar refractivity (Wildman–Crippen MR) is 113 cm³/mol. The molecule has 0 aliphatic heterocycles. The SMILES string of the molecule is Clc1ccc(-c2nc(CCNc3ccccc3)ncc2-n2ccnc2)c(Cl)c1. The fourth-order valence-corrected chi connectivity index (χ4v) is 3.38. The van der Waals surface area contributed by atoms with Crippen molar-refractivity contribution in [3.63, 3.8) is 0 Å². The second-order valence-corrected chi connectivity index (χ2v) is 7.00. The largest absolute Gasteiger partial charge is 0.385 e. The van der Waals surface area contributed by atoms with Crippen molar-refractivity contribution in [2.45, 2.75) is 6.42 Å². The lowest BCUT2D eigenvalue weighted by molar-refractivity contribution is 0.882. The number of halogens is 2. The van der Waals surface area contributed by atoms with Crippen LogP contribution in [0.15, 0.2) is 73.4 Å². The van der Waals surface area contributed by atoms with Gasteiger partial charge in [0.15, 0.2) is 0 Å². The van der Waals surface area contributed by atoms with Crippen LogP contribution < -0.4 is 5.32 Å². The maximum atomic E-state index is 6.45. The fourth-order valence-electron chi connectivity index (χ4n) is 2.88. The van der Waals surface area contributed by atoms with Crippen molar-refractivity contribution in [1.29, 1.82) is 0 Å². The molecule has 2 aromatic heterocycles. The minimum atomic E-state index is 0.543. The van der Waals surface area contributed by atoms with Crippen LogP contribution in [0.2, 0.25) is 10.0 Å². The zero-order valence-corrected chi connectivity index (χ0v) is 16.4. The molecule has 5 nitrogen and oxygen atoms in total. The zero-order chi connectivity index (χ0) is 19.3. The van der Waals surface area contributed by atoms with Crippen molar-refractivity contribution < 1.29 is 0 Å². The molecule has 0 spiro atoms. The molecule has 2 heterocycles. The van der Waals surface area contributed by atoms with E-state index < -0.39 is 0 Å². The number of nitrogens with one attached hydrogen (secondary N) is 1. The van der Waals surface area contributed by atoms with Crippen LogP contribution >= 0.6 is 23.2 Å². The first-order valence-corrected chi connectivity index (χ1v) is 9.55. The molecule has 0 unspecified atom stereocenters. The van der Waals surface area contributed by atoms with Crippen LogP contribution in [-0.2, 0) is 6.42 Å². The first-order chi connectivity index (χ1) is 13.7. The van der Waals surface area contributed by atoms with Crippen molar-refractivity contribution in [3.8, 4) is 16.9 Å². The first-order valence-electron chi connectivity index (χ1n) is 8.79. The Kier molecular flexibility index (Phi) is 5.55. The topological polar surface area (TPSA) is 55.6 Å². The van der Waals surface area contributed by atoms with Gasteiger partial charge < -0.3 is 9.88 Å². The molecule has 140 valence electrons. The molecule has 1 N–H and O–H groups in total. The number of para-hydroxylation sites is 1. The standard InChI is InChI=1S/C21H17Cl2N5/c22-15-6-7-17(18(23)12-15)21-19(28-11-10-24-14-28)13-26-20(27-21)8-9-25-16-4-2-1-3-5-16/h1-7,10-14,25H,8-9H2. The van der Waals surface area contributed by atoms with E-state index >= 15 is 0 Å². The van der Waals surface area contributed by atoms with Gasteiger partial charge in [-0.15, -0.1) is 0 Å². The third-order valence-corrected chi connectivity index (χ3v) is 4.79. The molecule has 0 radical (unpaired) electrons. The Morgan fingerprint density at radius 3 is 2.64 bits per heavy atom. The minimum Gasteiger partial charge on any atom is -0.385 e. The highest BCUT2D eigenvalue weighted by atomic mass is 35.5. The molecular weight excluding hydrogens is 393 g/mol. The van der Waals surface area contributed by atoms with E-state index in [-0.39, 0.29) is 0 Å². The molecule has 4 rings (SSSR count). The van der Waals surface area contributed by atoms with Gasteiger partial charge in [-0.3, -0.25) is 0 Å². The fraction of sp³-hybridized carbons (Fsp3) is 0.0952. The molecule has 0 amide bonds. The summed E-state index contributed by atoms with van der Waals surface area (Å²) in [6.07, 6.45) is 7.75. The van der Waals surface area contributed by atoms with Crippen molar-refractivity contribution in [1.82, 2.24) is 19.5 Å². The van der Waals surface area contributed by atoms with Crippen molar-refractivity contribution in [2.24, 2.45) is 0 Å². The van der Waals surface area contributed by atoms with E-state index in [0.29, 0.717) is 16.5 Å². The Morgan fingerprint density at radius 1 is 1.04 bits per heavy atom. The maximum Gasteiger partial charge on any atom is 0.130 e. The van der Waals surface area contributed by atoms with E-state index in [1.807, 2.05) is 47.2 Å². The van der Waals surface area contributed by atoms with Gasteiger partial charge in [-0.2, -0.15) is 0 Å². The van der Waals surface area contributed by atoms with E-state index in [1.54, 1.807) is 30.9 Å². The summed E-state index contributed by atoms with van der Waals surface area (Å²) in [5.74, 6) is 0.730. The lowest BCUT2D eigenvalue weighted by Gasteiger charge is -2.13. The van der Waals surface area contributed by atoms with E-state index in [1.165, 1.54) is 0 Å². The average Bonchev–Trinajstić information content (AvgIpc) is 3.23. The summed E-state index contributed by atoms with van der Waals surface area (Å²) in [7, 11) is 0. The Balaban J connectivity index is 1.64. The molecule has 0 aliphatic rings. The van der Waals surface area contributed by atoms with Gasteiger partial charge in [-0.25, -0.2) is 15.0 Å². The highest BCUT2D eigenvalue weighted by molar-refractivity contribution is 6.36. The van der Waals surface area contributed by atoms with Gasteiger partial charge >= 0.3 is 0 Å². The monoisotopic (exact) mass is 409 g/mol. The smallest absolute Gasteiger partial charge is 0.130 e. The van der Waals surface area contributed by atoms with Gasteiger partial charge in [0.2, 0.25) is 0 Å². The zero-order valence-electron chi connectivity index (χ0n) is 14.9. The first kappa shape index (κ1) is 18.5. The summed E-state index contributed by atoms with van der Waals surface area (Å²) >= 11 is 12.5. The summed E-state index contributed by atoms with van der Waals surface area (Å²) in [6.45, 7) is 0.724. The molecule has 0 fully saturated rings. The van der Waals surface area contributed by atoms with Gasteiger partial charge in [-0.05, 0) is 30.3 Å².